The number of carbonyl (C=O) groups is 4. The van der Waals surface area contributed by atoms with Gasteiger partial charge >= 0.3 is 18.0 Å². The molecule has 4 fully saturated rings. The number of cyclic esters (lactones) is 1. The van der Waals surface area contributed by atoms with Crippen LogP contribution in [0.1, 0.15) is 130 Å². The van der Waals surface area contributed by atoms with Gasteiger partial charge in [-0.1, -0.05) is 71.8 Å². The van der Waals surface area contributed by atoms with Gasteiger partial charge in [-0.15, -0.1) is 0 Å². The van der Waals surface area contributed by atoms with E-state index in [9.17, 15) is 28.2 Å². The molecule has 5 rings (SSSR count). The normalized spacial score (nSPS) is 37.6. The van der Waals surface area contributed by atoms with Crippen LogP contribution in [0.25, 0.3) is 0 Å². The first-order valence-electron chi connectivity index (χ1n) is 30.3. The summed E-state index contributed by atoms with van der Waals surface area (Å²) < 4.78 is 99.8. The Morgan fingerprint density at radius 1 is 0.837 bits per heavy atom. The standard InChI is InChI=1S/C61H102N4O20S/c1-32(2)25-45(66)81-51-39(9)50(34(4)30-77-58-54(75-18)53(74-17)47(67)42(12)80-58)83-56(70)41(11)52(82-46-26-35(5)65(16)29-37(7)78-46)38(8)49(84-57-48(68)44(64-76-19)27-36(6)79-57)33(3)28-61(15,55(69)40(51)10)85-59(71)63-60(13,14)31-62-86(72,73)43-23-21-20-22-24-43/h20-24,32-42,46-54,57-58,62,67-68H,25-31H2,1-19H3,(H,63,71)/b64-44+/t33-,34?,35+,36+,37-,38+,39-,40+,41+,42+,46-,47+,48+,49-,50+,51+,52-,53+,54+,57-,58+,61-/m0/s1. The molecule has 1 aromatic rings. The number of ketones is 1. The van der Waals surface area contributed by atoms with Crippen molar-refractivity contribution in [2.24, 2.45) is 46.6 Å². The lowest BCUT2D eigenvalue weighted by molar-refractivity contribution is -0.305. The van der Waals surface area contributed by atoms with Crippen molar-refractivity contribution in [1.29, 1.82) is 0 Å². The maximum absolute atomic E-state index is 16.0. The molecule has 492 valence electrons. The Bertz CT molecular complexity index is 2490. The minimum Gasteiger partial charge on any atom is -0.461 e. The Kier molecular flexibility index (Phi) is 26.8. The van der Waals surface area contributed by atoms with Crippen LogP contribution >= 0.6 is 0 Å². The molecule has 25 heteroatoms. The Hall–Kier alpha value is -3.96. The molecule has 0 aromatic heterocycles. The number of hydrogen-bond acceptors (Lipinski definition) is 22. The van der Waals surface area contributed by atoms with Gasteiger partial charge in [0.05, 0.1) is 65.1 Å². The van der Waals surface area contributed by atoms with Crippen molar-refractivity contribution in [3.63, 3.8) is 0 Å². The molecule has 0 saturated carbocycles. The number of methoxy groups -OCH3 is 2. The monoisotopic (exact) mass is 1240 g/mol. The summed E-state index contributed by atoms with van der Waals surface area (Å²) in [6.45, 7) is 26.2. The number of Topliss-reactive ketones (excluding diaryl/α,β-unsaturated/α-hetero) is 1. The van der Waals surface area contributed by atoms with Crippen LogP contribution < -0.4 is 10.0 Å². The Morgan fingerprint density at radius 3 is 2.10 bits per heavy atom. The number of carbonyl (C=O) groups excluding carboxylic acids is 4. The summed E-state index contributed by atoms with van der Waals surface area (Å²) in [6, 6.07) is 7.71. The van der Waals surface area contributed by atoms with E-state index in [1.807, 2.05) is 41.7 Å². The number of aliphatic hydroxyl groups is 2. The number of esters is 2. The van der Waals surface area contributed by atoms with E-state index in [0.717, 1.165) is 0 Å². The topological polar surface area (TPSA) is 293 Å². The van der Waals surface area contributed by atoms with Crippen molar-refractivity contribution < 1.29 is 94.8 Å². The predicted molar refractivity (Wildman–Crippen MR) is 316 cm³/mol. The quantitative estimate of drug-likeness (QED) is 0.0685. The van der Waals surface area contributed by atoms with Crippen molar-refractivity contribution in [3.8, 4) is 0 Å². The third-order valence-corrected chi connectivity index (χ3v) is 18.5. The van der Waals surface area contributed by atoms with Gasteiger partial charge in [-0.3, -0.25) is 14.4 Å². The second-order valence-electron chi connectivity index (χ2n) is 25.8. The Balaban J connectivity index is 1.71. The molecule has 0 radical (unpaired) electrons. The van der Waals surface area contributed by atoms with E-state index < -0.39 is 160 Å². The number of aliphatic hydroxyl groups excluding tert-OH is 2. The van der Waals surface area contributed by atoms with Crippen LogP contribution in [0.2, 0.25) is 0 Å². The minimum absolute atomic E-state index is 0.0128. The molecule has 4 saturated heterocycles. The van der Waals surface area contributed by atoms with E-state index in [1.165, 1.54) is 40.4 Å². The van der Waals surface area contributed by atoms with Crippen molar-refractivity contribution in [3.05, 3.63) is 30.3 Å². The van der Waals surface area contributed by atoms with Gasteiger partial charge < -0.3 is 77.4 Å². The fourth-order valence-corrected chi connectivity index (χ4v) is 13.5. The number of alkyl carbamates (subject to hydrolysis) is 1. The first-order chi connectivity index (χ1) is 40.2. The van der Waals surface area contributed by atoms with Gasteiger partial charge in [-0.25, -0.2) is 17.9 Å². The molecule has 0 bridgehead atoms. The molecule has 0 spiro atoms. The van der Waals surface area contributed by atoms with Crippen LogP contribution in [0, 0.1) is 41.4 Å². The molecule has 4 aliphatic rings. The van der Waals surface area contributed by atoms with Gasteiger partial charge in [-0.05, 0) is 92.8 Å². The molecule has 0 aliphatic carbocycles. The smallest absolute Gasteiger partial charge is 0.408 e. The van der Waals surface area contributed by atoms with Crippen molar-refractivity contribution in [2.75, 3.05) is 48.1 Å². The summed E-state index contributed by atoms with van der Waals surface area (Å²) in [7, 11) is 2.20. The molecule has 24 nitrogen and oxygen atoms in total. The number of likely N-dealkylation sites (N-methyl/N-ethyl adjacent to an activating group) is 1. The van der Waals surface area contributed by atoms with Gasteiger partial charge in [0, 0.05) is 70.4 Å². The fraction of sp³-hybridized carbons (Fsp3) is 0.820. The molecule has 1 aromatic carbocycles. The molecule has 86 heavy (non-hydrogen) atoms. The maximum Gasteiger partial charge on any atom is 0.408 e. The molecule has 4 N–H and O–H groups in total. The predicted octanol–water partition coefficient (Wildman–Crippen LogP) is 5.76. The zero-order valence-corrected chi connectivity index (χ0v) is 54.9. The van der Waals surface area contributed by atoms with Gasteiger partial charge in [0.2, 0.25) is 10.0 Å². The summed E-state index contributed by atoms with van der Waals surface area (Å²) in [5, 5.41) is 29.7. The van der Waals surface area contributed by atoms with E-state index in [2.05, 4.69) is 20.1 Å². The average molecular weight is 1240 g/mol. The molecule has 22 atom stereocenters. The highest BCUT2D eigenvalue weighted by molar-refractivity contribution is 7.89. The first-order valence-corrected chi connectivity index (χ1v) is 31.8. The van der Waals surface area contributed by atoms with Crippen LogP contribution in [0.4, 0.5) is 4.79 Å². The van der Waals surface area contributed by atoms with E-state index in [4.69, 9.17) is 56.9 Å². The lowest BCUT2D eigenvalue weighted by atomic mass is 9.74. The van der Waals surface area contributed by atoms with E-state index >= 15 is 9.59 Å². The number of oxime groups is 1. The van der Waals surface area contributed by atoms with Crippen LogP contribution in [-0.4, -0.2) is 204 Å². The molecule has 1 unspecified atom stereocenters. The number of rotatable bonds is 20. The van der Waals surface area contributed by atoms with Gasteiger partial charge in [0.15, 0.2) is 30.3 Å². The highest BCUT2D eigenvalue weighted by Gasteiger charge is 2.53. The lowest BCUT2D eigenvalue weighted by Gasteiger charge is -2.45. The molecular formula is C61H102N4O20S. The highest BCUT2D eigenvalue weighted by atomic mass is 32.2. The van der Waals surface area contributed by atoms with Gasteiger partial charge in [0.1, 0.15) is 43.7 Å². The summed E-state index contributed by atoms with van der Waals surface area (Å²) in [5.41, 5.74) is -3.19. The van der Waals surface area contributed by atoms with Crippen molar-refractivity contribution in [2.45, 2.75) is 238 Å². The Morgan fingerprint density at radius 2 is 1.49 bits per heavy atom. The number of amides is 1. The summed E-state index contributed by atoms with van der Waals surface area (Å²) in [6.07, 6.45) is -14.7. The van der Waals surface area contributed by atoms with Gasteiger partial charge in [-0.2, -0.15) is 0 Å². The third kappa shape index (κ3) is 19.0. The van der Waals surface area contributed by atoms with E-state index in [1.54, 1.807) is 80.5 Å². The number of hydrogen-bond donors (Lipinski definition) is 4. The maximum atomic E-state index is 16.0. The summed E-state index contributed by atoms with van der Waals surface area (Å²) in [5.74, 6) is -8.09. The zero-order chi connectivity index (χ0) is 64.3. The highest BCUT2D eigenvalue weighted by Crippen LogP contribution is 2.41. The van der Waals surface area contributed by atoms with E-state index in [0.29, 0.717) is 13.0 Å². The molecule has 4 heterocycles. The number of sulfonamides is 1. The third-order valence-electron chi connectivity index (χ3n) is 17.1. The van der Waals surface area contributed by atoms with Gasteiger partial charge in [0.25, 0.3) is 0 Å². The zero-order valence-electron chi connectivity index (χ0n) is 54.1. The second kappa shape index (κ2) is 31.7. The van der Waals surface area contributed by atoms with E-state index in [-0.39, 0.29) is 61.1 Å². The average Bonchev–Trinajstić information content (AvgIpc) is 1.77. The fourth-order valence-electron chi connectivity index (χ4n) is 12.3. The second-order valence-corrected chi connectivity index (χ2v) is 27.6. The van der Waals surface area contributed by atoms with Crippen molar-refractivity contribution >= 4 is 39.6 Å². The van der Waals surface area contributed by atoms with Crippen LogP contribution in [-0.2, 0) is 81.3 Å². The Labute approximate surface area is 510 Å². The first kappa shape index (κ1) is 72.8. The molecule has 4 aliphatic heterocycles. The van der Waals surface area contributed by atoms with Crippen molar-refractivity contribution in [1.82, 2.24) is 14.9 Å². The summed E-state index contributed by atoms with van der Waals surface area (Å²) >= 11 is 0. The number of nitrogens with one attached hydrogen (secondary N) is 2. The van der Waals surface area contributed by atoms with Crippen LogP contribution in [0.15, 0.2) is 40.4 Å². The largest absolute Gasteiger partial charge is 0.461 e. The number of nitrogens with zero attached hydrogens (tertiary/aromatic N) is 2. The SMILES string of the molecule is CO/N=C1\C[C@@H](C)O[C@@H](O[C@@H]2[C@@H](C)[C@H](O[C@H]3C[C@@H](C)N(C)C[C@H](C)O3)[C@@H](C)C(=O)O[C@H](C(C)CO[C@@H]3O[C@H](C)[C@@H](O)[C@@H](OC)[C@H]3OC)[C@H](C)[C@@H](OC(=O)CC(C)C)[C@@H](C)C(=O)[C@@](C)(OC(=O)NC(C)(C)CNS(=O)(=O)c3ccccc3)C[C@@H]2C)[C@@H]1O. The number of ether oxygens (including phenoxy) is 11. The molecular weight excluding hydrogens is 1140 g/mol. The summed E-state index contributed by atoms with van der Waals surface area (Å²) in [4.78, 5) is 67.6. The lowest BCUT2D eigenvalue weighted by Crippen LogP contribution is -2.59. The van der Waals surface area contributed by atoms with Crippen LogP contribution in [0.5, 0.6) is 0 Å². The number of benzene rings is 1. The van der Waals surface area contributed by atoms with Crippen LogP contribution in [0.3, 0.4) is 0 Å². The molecule has 1 amide bonds. The minimum atomic E-state index is -4.03.